The van der Waals surface area contributed by atoms with E-state index in [1.54, 1.807) is 18.2 Å². The van der Waals surface area contributed by atoms with Gasteiger partial charge in [-0.2, -0.15) is 5.10 Å². The average Bonchev–Trinajstić information content (AvgIpc) is 2.75. The third-order valence-electron chi connectivity index (χ3n) is 4.02. The molecule has 0 aliphatic heterocycles. The van der Waals surface area contributed by atoms with Crippen molar-refractivity contribution in [3.05, 3.63) is 99.6 Å². The van der Waals surface area contributed by atoms with Crippen molar-refractivity contribution in [2.75, 3.05) is 10.1 Å². The number of non-ortho nitro benzene ring substituents is 1. The summed E-state index contributed by atoms with van der Waals surface area (Å²) in [7, 11) is -4.20. The van der Waals surface area contributed by atoms with Gasteiger partial charge in [-0.05, 0) is 29.8 Å². The first-order chi connectivity index (χ1) is 14.9. The fourth-order valence-corrected chi connectivity index (χ4v) is 4.05. The molecule has 0 amide bonds. The number of hydrogen-bond acceptors (Lipinski definition) is 6. The van der Waals surface area contributed by atoms with Crippen molar-refractivity contribution in [3.8, 4) is 0 Å². The topological polar surface area (TPSA) is 114 Å². The smallest absolute Gasteiger partial charge is 0.270 e. The van der Waals surface area contributed by atoms with Crippen LogP contribution in [0.3, 0.4) is 0 Å². The summed E-state index contributed by atoms with van der Waals surface area (Å²) >= 11 is 6.03. The van der Waals surface area contributed by atoms with Gasteiger partial charge in [0, 0.05) is 18.3 Å². The number of hydrogen-bond donors (Lipinski definition) is 2. The highest BCUT2D eigenvalue weighted by molar-refractivity contribution is 7.93. The first-order valence-electron chi connectivity index (χ1n) is 8.93. The van der Waals surface area contributed by atoms with E-state index in [0.717, 1.165) is 11.6 Å². The van der Waals surface area contributed by atoms with E-state index < -0.39 is 14.9 Å². The Morgan fingerprint density at radius 3 is 2.39 bits per heavy atom. The van der Waals surface area contributed by atoms with Gasteiger partial charge >= 0.3 is 0 Å². The van der Waals surface area contributed by atoms with Crippen LogP contribution in [0.15, 0.2) is 88.9 Å². The fourth-order valence-electron chi connectivity index (χ4n) is 2.55. The molecule has 0 spiro atoms. The van der Waals surface area contributed by atoms with Crippen LogP contribution in [0.25, 0.3) is 6.08 Å². The van der Waals surface area contributed by atoms with Crippen LogP contribution in [0.1, 0.15) is 5.56 Å². The number of hydrazone groups is 1. The zero-order chi connectivity index (χ0) is 22.3. The maximum absolute atomic E-state index is 12.9. The number of halogens is 1. The lowest BCUT2D eigenvalue weighted by Crippen LogP contribution is -2.15. The minimum Gasteiger partial charge on any atom is -0.278 e. The molecule has 0 saturated carbocycles. The van der Waals surface area contributed by atoms with Crippen molar-refractivity contribution in [1.29, 1.82) is 0 Å². The summed E-state index contributed by atoms with van der Waals surface area (Å²) in [5.74, 6) is 0. The second-order valence-corrected chi connectivity index (χ2v) is 8.24. The summed E-state index contributed by atoms with van der Waals surface area (Å²) in [6.07, 6.45) is 4.92. The molecule has 0 aliphatic rings. The first kappa shape index (κ1) is 22.0. The SMILES string of the molecule is O=[N+]([O-])c1ccc(NN=CC=Cc2ccccc2)c(S(=O)(=O)Nc2ccccc2Cl)c1. The Bertz CT molecular complexity index is 1250. The highest BCUT2D eigenvalue weighted by atomic mass is 35.5. The number of para-hydroxylation sites is 1. The number of nitrogens with zero attached hydrogens (tertiary/aromatic N) is 2. The number of rotatable bonds is 8. The molecule has 3 rings (SSSR count). The Hall–Kier alpha value is -3.69. The van der Waals surface area contributed by atoms with Crippen LogP contribution in [0.5, 0.6) is 0 Å². The predicted molar refractivity (Wildman–Crippen MR) is 123 cm³/mol. The standard InChI is InChI=1S/C21H17ClN4O4S/c22-18-10-4-5-11-19(18)25-31(29,30)21-15-17(26(27)28)12-13-20(21)24-23-14-6-9-16-7-2-1-3-8-16/h1-15,24-25H. The molecule has 8 nitrogen and oxygen atoms in total. The summed E-state index contributed by atoms with van der Waals surface area (Å²) in [5.41, 5.74) is 3.42. The third-order valence-corrected chi connectivity index (χ3v) is 5.75. The van der Waals surface area contributed by atoms with Gasteiger partial charge < -0.3 is 0 Å². The number of benzene rings is 3. The largest absolute Gasteiger partial charge is 0.278 e. The molecular weight excluding hydrogens is 440 g/mol. The van der Waals surface area contributed by atoms with Crippen LogP contribution in [0, 0.1) is 10.1 Å². The van der Waals surface area contributed by atoms with Gasteiger partial charge in [0.05, 0.1) is 21.3 Å². The molecule has 10 heteroatoms. The normalized spacial score (nSPS) is 11.6. The lowest BCUT2D eigenvalue weighted by atomic mass is 10.2. The third kappa shape index (κ3) is 5.91. The molecule has 3 aromatic rings. The minimum absolute atomic E-state index is 0.0644. The summed E-state index contributed by atoms with van der Waals surface area (Å²) in [6, 6.07) is 19.2. The molecule has 0 bridgehead atoms. The van der Waals surface area contributed by atoms with Gasteiger partial charge in [0.1, 0.15) is 4.90 Å². The lowest BCUT2D eigenvalue weighted by Gasteiger charge is -2.12. The Morgan fingerprint density at radius 2 is 1.68 bits per heavy atom. The van der Waals surface area contributed by atoms with E-state index in [-0.39, 0.29) is 27.0 Å². The van der Waals surface area contributed by atoms with Gasteiger partial charge in [-0.1, -0.05) is 60.1 Å². The van der Waals surface area contributed by atoms with E-state index in [4.69, 9.17) is 11.6 Å². The van der Waals surface area contributed by atoms with Crippen molar-refractivity contribution in [2.45, 2.75) is 4.90 Å². The van der Waals surface area contributed by atoms with Crippen LogP contribution in [0.4, 0.5) is 17.1 Å². The van der Waals surface area contributed by atoms with E-state index >= 15 is 0 Å². The molecule has 0 heterocycles. The molecule has 2 N–H and O–H groups in total. The van der Waals surface area contributed by atoms with Crippen LogP contribution >= 0.6 is 11.6 Å². The number of allylic oxidation sites excluding steroid dienone is 1. The molecule has 158 valence electrons. The van der Waals surface area contributed by atoms with E-state index in [1.807, 2.05) is 36.4 Å². The van der Waals surface area contributed by atoms with Crippen LogP contribution in [-0.4, -0.2) is 19.6 Å². The number of nitro benzene ring substituents is 1. The second kappa shape index (κ2) is 9.88. The number of sulfonamides is 1. The Balaban J connectivity index is 1.87. The van der Waals surface area contributed by atoms with Crippen LogP contribution in [-0.2, 0) is 10.0 Å². The number of nitro groups is 1. The van der Waals surface area contributed by atoms with Crippen molar-refractivity contribution in [1.82, 2.24) is 0 Å². The second-order valence-electron chi connectivity index (χ2n) is 6.18. The maximum Gasteiger partial charge on any atom is 0.270 e. The number of nitrogens with one attached hydrogen (secondary N) is 2. The lowest BCUT2D eigenvalue weighted by molar-refractivity contribution is -0.385. The van der Waals surface area contributed by atoms with Crippen molar-refractivity contribution < 1.29 is 13.3 Å². The molecule has 3 aromatic carbocycles. The summed E-state index contributed by atoms with van der Waals surface area (Å²) in [5, 5.41) is 15.3. The Labute approximate surface area is 184 Å². The van der Waals surface area contributed by atoms with E-state index in [9.17, 15) is 18.5 Å². The summed E-state index contributed by atoms with van der Waals surface area (Å²) in [4.78, 5) is 10.1. The fraction of sp³-hybridized carbons (Fsp3) is 0. The van der Waals surface area contributed by atoms with Crippen molar-refractivity contribution in [2.24, 2.45) is 5.10 Å². The average molecular weight is 457 g/mol. The van der Waals surface area contributed by atoms with Crippen LogP contribution < -0.4 is 10.1 Å². The zero-order valence-corrected chi connectivity index (χ0v) is 17.5. The molecular formula is C21H17ClN4O4S. The summed E-state index contributed by atoms with van der Waals surface area (Å²) in [6.45, 7) is 0. The minimum atomic E-state index is -4.20. The molecule has 0 radical (unpaired) electrons. The maximum atomic E-state index is 12.9. The Morgan fingerprint density at radius 1 is 0.968 bits per heavy atom. The van der Waals surface area contributed by atoms with Gasteiger partial charge in [-0.15, -0.1) is 0 Å². The van der Waals surface area contributed by atoms with Crippen molar-refractivity contribution >= 4 is 51.0 Å². The van der Waals surface area contributed by atoms with E-state index in [0.29, 0.717) is 0 Å². The van der Waals surface area contributed by atoms with Gasteiger partial charge in [0.25, 0.3) is 15.7 Å². The predicted octanol–water partition coefficient (Wildman–Crippen LogP) is 5.16. The molecule has 0 saturated heterocycles. The molecule has 0 aliphatic carbocycles. The molecule has 31 heavy (non-hydrogen) atoms. The van der Waals surface area contributed by atoms with Gasteiger partial charge in [-0.3, -0.25) is 20.3 Å². The quantitative estimate of drug-likeness (QED) is 0.276. The van der Waals surface area contributed by atoms with Crippen LogP contribution in [0.2, 0.25) is 5.02 Å². The summed E-state index contributed by atoms with van der Waals surface area (Å²) < 4.78 is 28.2. The zero-order valence-electron chi connectivity index (χ0n) is 16.0. The highest BCUT2D eigenvalue weighted by Gasteiger charge is 2.23. The van der Waals surface area contributed by atoms with Gasteiger partial charge in [0.2, 0.25) is 0 Å². The first-order valence-corrected chi connectivity index (χ1v) is 10.8. The van der Waals surface area contributed by atoms with Gasteiger partial charge in [-0.25, -0.2) is 8.42 Å². The molecule has 0 fully saturated rings. The Kier molecular flexibility index (Phi) is 7.01. The van der Waals surface area contributed by atoms with E-state index in [1.165, 1.54) is 30.5 Å². The monoisotopic (exact) mass is 456 g/mol. The number of anilines is 2. The van der Waals surface area contributed by atoms with Crippen molar-refractivity contribution in [3.63, 3.8) is 0 Å². The molecule has 0 aromatic heterocycles. The highest BCUT2D eigenvalue weighted by Crippen LogP contribution is 2.30. The van der Waals surface area contributed by atoms with Gasteiger partial charge in [0.15, 0.2) is 0 Å². The molecule has 0 atom stereocenters. The van der Waals surface area contributed by atoms with E-state index in [2.05, 4.69) is 15.2 Å². The molecule has 0 unspecified atom stereocenters.